The van der Waals surface area contributed by atoms with Crippen molar-refractivity contribution in [3.63, 3.8) is 0 Å². The van der Waals surface area contributed by atoms with Gasteiger partial charge >= 0.3 is 6.29 Å². The van der Waals surface area contributed by atoms with E-state index in [1.807, 2.05) is 0 Å². The molecule has 2 amide bonds. The highest BCUT2D eigenvalue weighted by atomic mass is 19.3. The first-order valence-corrected chi connectivity index (χ1v) is 7.98. The summed E-state index contributed by atoms with van der Waals surface area (Å²) < 4.78 is 39.9. The Morgan fingerprint density at radius 3 is 2.77 bits per heavy atom. The van der Waals surface area contributed by atoms with E-state index < -0.39 is 18.2 Å². The van der Waals surface area contributed by atoms with E-state index >= 15 is 0 Å². The van der Waals surface area contributed by atoms with Gasteiger partial charge < -0.3 is 24.1 Å². The lowest BCUT2D eigenvalue weighted by molar-refractivity contribution is -0.286. The molecule has 1 N–H and O–H groups in total. The lowest BCUT2D eigenvalue weighted by Crippen LogP contribution is -2.43. The van der Waals surface area contributed by atoms with E-state index in [1.165, 1.54) is 35.4 Å². The zero-order valence-electron chi connectivity index (χ0n) is 13.4. The predicted octanol–water partition coefficient (Wildman–Crippen LogP) is 2.84. The minimum atomic E-state index is -3.72. The van der Waals surface area contributed by atoms with Crippen molar-refractivity contribution in [2.24, 2.45) is 0 Å². The predicted molar refractivity (Wildman–Crippen MR) is 84.0 cm³/mol. The van der Waals surface area contributed by atoms with Crippen molar-refractivity contribution in [1.29, 1.82) is 0 Å². The lowest BCUT2D eigenvalue weighted by Gasteiger charge is -2.23. The fraction of sp³-hybridized carbons (Fsp3) is 0.294. The van der Waals surface area contributed by atoms with Crippen molar-refractivity contribution < 1.29 is 32.3 Å². The van der Waals surface area contributed by atoms with Crippen LogP contribution in [-0.4, -0.2) is 35.6 Å². The van der Waals surface area contributed by atoms with Gasteiger partial charge in [0.25, 0.3) is 5.91 Å². The number of carbonyl (C=O) groups is 2. The van der Waals surface area contributed by atoms with Crippen molar-refractivity contribution in [2.75, 3.05) is 11.9 Å². The van der Waals surface area contributed by atoms with Crippen molar-refractivity contribution >= 4 is 17.5 Å². The molecule has 0 aliphatic carbocycles. The molecule has 9 heteroatoms. The summed E-state index contributed by atoms with van der Waals surface area (Å²) >= 11 is 0. The average Bonchev–Trinajstić information content (AvgIpc) is 3.32. The third-order valence-electron chi connectivity index (χ3n) is 4.22. The van der Waals surface area contributed by atoms with Crippen molar-refractivity contribution in [3.05, 3.63) is 42.4 Å². The highest BCUT2D eigenvalue weighted by Gasteiger charge is 2.43. The molecule has 1 aromatic heterocycles. The molecule has 7 nitrogen and oxygen atoms in total. The summed E-state index contributed by atoms with van der Waals surface area (Å²) in [5.74, 6) is -0.882. The van der Waals surface area contributed by atoms with E-state index in [1.54, 1.807) is 6.07 Å². The van der Waals surface area contributed by atoms with Gasteiger partial charge in [-0.15, -0.1) is 8.78 Å². The van der Waals surface area contributed by atoms with E-state index in [0.717, 1.165) is 0 Å². The largest absolute Gasteiger partial charge is 0.586 e. The zero-order valence-corrected chi connectivity index (χ0v) is 13.4. The molecule has 0 radical (unpaired) electrons. The number of hydrogen-bond acceptors (Lipinski definition) is 5. The lowest BCUT2D eigenvalue weighted by atomic mass is 10.2. The first-order chi connectivity index (χ1) is 12.4. The van der Waals surface area contributed by atoms with Crippen LogP contribution in [0.2, 0.25) is 0 Å². The number of nitrogens with zero attached hydrogens (tertiary/aromatic N) is 1. The third-order valence-corrected chi connectivity index (χ3v) is 4.22. The molecule has 2 aliphatic rings. The number of benzene rings is 1. The van der Waals surface area contributed by atoms with Crippen molar-refractivity contribution in [2.45, 2.75) is 25.2 Å². The average molecular weight is 364 g/mol. The Bertz CT molecular complexity index is 853. The van der Waals surface area contributed by atoms with Gasteiger partial charge in [0.2, 0.25) is 5.91 Å². The topological polar surface area (TPSA) is 81.0 Å². The second-order valence-electron chi connectivity index (χ2n) is 5.95. The molecule has 26 heavy (non-hydrogen) atoms. The summed E-state index contributed by atoms with van der Waals surface area (Å²) in [7, 11) is 0. The van der Waals surface area contributed by atoms with Crippen molar-refractivity contribution in [3.8, 4) is 11.5 Å². The Labute approximate surface area is 146 Å². The molecule has 2 aliphatic heterocycles. The summed E-state index contributed by atoms with van der Waals surface area (Å²) in [4.78, 5) is 26.4. The Morgan fingerprint density at radius 2 is 2.00 bits per heavy atom. The van der Waals surface area contributed by atoms with E-state index in [-0.39, 0.29) is 28.9 Å². The number of nitrogens with one attached hydrogen (secondary N) is 1. The van der Waals surface area contributed by atoms with Crippen LogP contribution >= 0.6 is 0 Å². The van der Waals surface area contributed by atoms with E-state index in [9.17, 15) is 18.4 Å². The highest BCUT2D eigenvalue weighted by Crippen LogP contribution is 2.42. The maximum absolute atomic E-state index is 13.1. The molecule has 136 valence electrons. The number of anilines is 1. The number of amides is 2. The van der Waals surface area contributed by atoms with Crippen LogP contribution in [0, 0.1) is 0 Å². The smallest absolute Gasteiger partial charge is 0.459 e. The molecule has 4 rings (SSSR count). The summed E-state index contributed by atoms with van der Waals surface area (Å²) in [6.07, 6.45) is -1.15. The maximum atomic E-state index is 13.1. The van der Waals surface area contributed by atoms with Crippen LogP contribution in [0.15, 0.2) is 41.0 Å². The Morgan fingerprint density at radius 1 is 1.19 bits per heavy atom. The number of halogens is 2. The van der Waals surface area contributed by atoms with E-state index in [4.69, 9.17) is 4.42 Å². The molecule has 0 saturated carbocycles. The van der Waals surface area contributed by atoms with E-state index in [2.05, 4.69) is 14.8 Å². The molecule has 1 fully saturated rings. The van der Waals surface area contributed by atoms with Crippen LogP contribution in [0.25, 0.3) is 0 Å². The number of hydrogen-bond donors (Lipinski definition) is 1. The summed E-state index contributed by atoms with van der Waals surface area (Å²) in [6.45, 7) is 0.435. The zero-order chi connectivity index (χ0) is 18.3. The SMILES string of the molecule is O=C(Nc1ccc2c(c1)OC(F)(F)O2)C1CCCN1C(=O)c1ccco1. The molecule has 1 unspecified atom stereocenters. The molecule has 0 bridgehead atoms. The third kappa shape index (κ3) is 2.96. The Balaban J connectivity index is 1.47. The molecular formula is C17H14F2N2O5. The number of fused-ring (bicyclic) bond motifs is 1. The fourth-order valence-corrected chi connectivity index (χ4v) is 3.08. The number of alkyl halides is 2. The van der Waals surface area contributed by atoms with Gasteiger partial charge in [0.1, 0.15) is 6.04 Å². The summed E-state index contributed by atoms with van der Waals surface area (Å²) in [5.41, 5.74) is 0.271. The first-order valence-electron chi connectivity index (χ1n) is 7.98. The normalized spacial score (nSPS) is 20.2. The van der Waals surface area contributed by atoms with Gasteiger partial charge in [-0.3, -0.25) is 9.59 Å². The minimum absolute atomic E-state index is 0.108. The van der Waals surface area contributed by atoms with Gasteiger partial charge in [-0.1, -0.05) is 0 Å². The van der Waals surface area contributed by atoms with Gasteiger partial charge in [-0.2, -0.15) is 0 Å². The van der Waals surface area contributed by atoms with E-state index in [0.29, 0.717) is 19.4 Å². The Hall–Kier alpha value is -3.10. The quantitative estimate of drug-likeness (QED) is 0.906. The first kappa shape index (κ1) is 16.4. The van der Waals surface area contributed by atoms with Gasteiger partial charge in [-0.25, -0.2) is 0 Å². The number of rotatable bonds is 3. The second-order valence-corrected chi connectivity index (χ2v) is 5.95. The van der Waals surface area contributed by atoms with Crippen molar-refractivity contribution in [1.82, 2.24) is 4.90 Å². The summed E-state index contributed by atoms with van der Waals surface area (Å²) in [6, 6.07) is 6.43. The van der Waals surface area contributed by atoms with Crippen LogP contribution in [0.5, 0.6) is 11.5 Å². The minimum Gasteiger partial charge on any atom is -0.459 e. The number of carbonyl (C=O) groups excluding carboxylic acids is 2. The number of ether oxygens (including phenoxy) is 2. The Kier molecular flexibility index (Phi) is 3.78. The van der Waals surface area contributed by atoms with Gasteiger partial charge in [0, 0.05) is 18.3 Å². The highest BCUT2D eigenvalue weighted by molar-refractivity contribution is 6.00. The summed E-state index contributed by atoms with van der Waals surface area (Å²) in [5, 5.41) is 2.63. The second kappa shape index (κ2) is 6.01. The standard InChI is InChI=1S/C17H14F2N2O5/c18-17(19)25-12-6-5-10(9-14(12)26-17)20-15(22)11-3-1-7-21(11)16(23)13-4-2-8-24-13/h2,4-6,8-9,11H,1,3,7H2,(H,20,22). The van der Waals surface area contributed by atoms with Crippen LogP contribution in [0.3, 0.4) is 0 Å². The van der Waals surface area contributed by atoms with Gasteiger partial charge in [0.15, 0.2) is 17.3 Å². The molecule has 0 spiro atoms. The molecular weight excluding hydrogens is 350 g/mol. The van der Waals surface area contributed by atoms with Crippen LogP contribution < -0.4 is 14.8 Å². The van der Waals surface area contributed by atoms with Crippen LogP contribution in [0.4, 0.5) is 14.5 Å². The van der Waals surface area contributed by atoms with Crippen LogP contribution in [-0.2, 0) is 4.79 Å². The number of likely N-dealkylation sites (tertiary alicyclic amines) is 1. The molecule has 2 aromatic rings. The number of furan rings is 1. The fourth-order valence-electron chi connectivity index (χ4n) is 3.08. The van der Waals surface area contributed by atoms with Gasteiger partial charge in [0.05, 0.1) is 6.26 Å². The molecule has 3 heterocycles. The maximum Gasteiger partial charge on any atom is 0.586 e. The monoisotopic (exact) mass is 364 g/mol. The molecule has 1 atom stereocenters. The van der Waals surface area contributed by atoms with Crippen LogP contribution in [0.1, 0.15) is 23.4 Å². The molecule has 1 saturated heterocycles. The molecule has 1 aromatic carbocycles. The van der Waals surface area contributed by atoms with Gasteiger partial charge in [-0.05, 0) is 37.1 Å².